The molecule has 0 saturated carbocycles. The van der Waals surface area contributed by atoms with E-state index in [9.17, 15) is 0 Å². The highest BCUT2D eigenvalue weighted by molar-refractivity contribution is 6.62. The molecule has 4 nitrogen and oxygen atoms in total. The van der Waals surface area contributed by atoms with Crippen LogP contribution in [0.2, 0.25) is 0 Å². The molecule has 2 saturated heterocycles. The van der Waals surface area contributed by atoms with Crippen LogP contribution in [0, 0.1) is 0 Å². The Labute approximate surface area is 307 Å². The van der Waals surface area contributed by atoms with Crippen LogP contribution in [-0.2, 0) is 34.9 Å². The van der Waals surface area contributed by atoms with Crippen LogP contribution in [0.15, 0.2) is 84.9 Å². The molecule has 0 bridgehead atoms. The molecule has 2 aliphatic heterocycles. The van der Waals surface area contributed by atoms with Crippen molar-refractivity contribution >= 4 is 25.2 Å². The van der Waals surface area contributed by atoms with Crippen molar-refractivity contribution in [1.82, 2.24) is 0 Å². The molecule has 4 aromatic rings. The Kier molecular flexibility index (Phi) is 8.11. The molecule has 7 rings (SSSR count). The first kappa shape index (κ1) is 36.2. The monoisotopic (exact) mass is 682 g/mol. The van der Waals surface area contributed by atoms with Gasteiger partial charge in [-0.05, 0) is 122 Å². The van der Waals surface area contributed by atoms with Gasteiger partial charge in [0.1, 0.15) is 0 Å². The maximum absolute atomic E-state index is 6.64. The first-order valence-corrected chi connectivity index (χ1v) is 18.7. The maximum atomic E-state index is 6.64. The van der Waals surface area contributed by atoms with Crippen molar-refractivity contribution < 1.29 is 18.6 Å². The zero-order valence-corrected chi connectivity index (χ0v) is 33.4. The van der Waals surface area contributed by atoms with Crippen molar-refractivity contribution in [3.05, 3.63) is 118 Å². The molecule has 1 aliphatic carbocycles. The Bertz CT molecular complexity index is 1800. The van der Waals surface area contributed by atoms with Crippen LogP contribution >= 0.6 is 0 Å². The van der Waals surface area contributed by atoms with Gasteiger partial charge in [0.25, 0.3) is 0 Å². The summed E-state index contributed by atoms with van der Waals surface area (Å²) in [5.74, 6) is 0. The van der Waals surface area contributed by atoms with Crippen LogP contribution < -0.4 is 10.9 Å². The van der Waals surface area contributed by atoms with Crippen molar-refractivity contribution in [2.45, 2.75) is 136 Å². The second-order valence-electron chi connectivity index (χ2n) is 19.2. The molecule has 4 aromatic carbocycles. The summed E-state index contributed by atoms with van der Waals surface area (Å²) in [5, 5.41) is 0. The van der Waals surface area contributed by atoms with E-state index in [1.807, 2.05) is 0 Å². The molecular formula is C45H56B2O4. The van der Waals surface area contributed by atoms with Crippen molar-refractivity contribution in [2.75, 3.05) is 0 Å². The lowest BCUT2D eigenvalue weighted by Crippen LogP contribution is -2.41. The second kappa shape index (κ2) is 11.4. The standard InChI is InChI=1S/C45H56B2O4/c1-39(2,3)29-15-19-31(20-16-29)45(32-21-17-30(18-22-32)40(4,5)6)37-27-33(46-48-41(7,8)42(9,10)49-46)23-25-35(37)36-26-24-34(28-38(36)45)47-50-43(11,12)44(13,14)51-47/h15-28H,1-14H3. The predicted molar refractivity (Wildman–Crippen MR) is 213 cm³/mol. The van der Waals surface area contributed by atoms with Crippen molar-refractivity contribution in [1.29, 1.82) is 0 Å². The molecule has 0 radical (unpaired) electrons. The van der Waals surface area contributed by atoms with E-state index >= 15 is 0 Å². The summed E-state index contributed by atoms with van der Waals surface area (Å²) >= 11 is 0. The molecular weight excluding hydrogens is 626 g/mol. The Morgan fingerprint density at radius 1 is 0.412 bits per heavy atom. The lowest BCUT2D eigenvalue weighted by molar-refractivity contribution is 0.00578. The van der Waals surface area contributed by atoms with Crippen LogP contribution in [0.25, 0.3) is 11.1 Å². The fourth-order valence-electron chi connectivity index (χ4n) is 7.84. The van der Waals surface area contributed by atoms with Gasteiger partial charge in [0.15, 0.2) is 0 Å². The summed E-state index contributed by atoms with van der Waals surface area (Å²) in [4.78, 5) is 0. The zero-order valence-electron chi connectivity index (χ0n) is 33.4. The highest BCUT2D eigenvalue weighted by Gasteiger charge is 2.55. The molecule has 0 N–H and O–H groups in total. The normalized spacial score (nSPS) is 21.1. The molecule has 51 heavy (non-hydrogen) atoms. The Hall–Kier alpha value is -3.15. The predicted octanol–water partition coefficient (Wildman–Crippen LogP) is 9.24. The number of fused-ring (bicyclic) bond motifs is 3. The molecule has 0 unspecified atom stereocenters. The van der Waals surface area contributed by atoms with Crippen LogP contribution in [0.3, 0.4) is 0 Å². The van der Waals surface area contributed by atoms with Crippen LogP contribution in [-0.4, -0.2) is 36.6 Å². The zero-order chi connectivity index (χ0) is 37.2. The molecule has 0 atom stereocenters. The highest BCUT2D eigenvalue weighted by Crippen LogP contribution is 2.56. The first-order valence-electron chi connectivity index (χ1n) is 18.7. The van der Waals surface area contributed by atoms with Crippen LogP contribution in [0.1, 0.15) is 130 Å². The smallest absolute Gasteiger partial charge is 0.399 e. The van der Waals surface area contributed by atoms with Gasteiger partial charge in [-0.2, -0.15) is 0 Å². The van der Waals surface area contributed by atoms with Gasteiger partial charge in [0.05, 0.1) is 27.8 Å². The third kappa shape index (κ3) is 5.68. The average molecular weight is 683 g/mol. The number of hydrogen-bond donors (Lipinski definition) is 0. The van der Waals surface area contributed by atoms with Crippen molar-refractivity contribution in [3.63, 3.8) is 0 Å². The van der Waals surface area contributed by atoms with E-state index < -0.39 is 42.1 Å². The van der Waals surface area contributed by atoms with Gasteiger partial charge >= 0.3 is 14.2 Å². The minimum absolute atomic E-state index is 0.0272. The fraction of sp³-hybridized carbons (Fsp3) is 0.467. The Balaban J connectivity index is 1.51. The largest absolute Gasteiger partial charge is 0.494 e. The lowest BCUT2D eigenvalue weighted by atomic mass is 9.64. The molecule has 3 aliphatic rings. The van der Waals surface area contributed by atoms with Crippen molar-refractivity contribution in [2.24, 2.45) is 0 Å². The number of hydrogen-bond acceptors (Lipinski definition) is 4. The number of benzene rings is 4. The summed E-state index contributed by atoms with van der Waals surface area (Å²) in [5.41, 5.74) is 9.62. The molecule has 0 amide bonds. The van der Waals surface area contributed by atoms with E-state index in [4.69, 9.17) is 18.6 Å². The summed E-state index contributed by atoms with van der Waals surface area (Å²) in [6, 6.07) is 32.3. The SMILES string of the molecule is CC(C)(C)c1ccc(C2(c3ccc(C(C)(C)C)cc3)c3cc(B4OC(C)(C)C(C)(C)O4)ccc3-c3ccc(B4OC(C)(C)C(C)(C)O4)cc32)cc1. The topological polar surface area (TPSA) is 36.9 Å². The third-order valence-corrected chi connectivity index (χ3v) is 12.6. The van der Waals surface area contributed by atoms with E-state index in [1.165, 1.54) is 44.5 Å². The minimum Gasteiger partial charge on any atom is -0.399 e. The van der Waals surface area contributed by atoms with Gasteiger partial charge in [-0.25, -0.2) is 0 Å². The van der Waals surface area contributed by atoms with E-state index in [2.05, 4.69) is 182 Å². The van der Waals surface area contributed by atoms with E-state index in [-0.39, 0.29) is 10.8 Å². The molecule has 2 fully saturated rings. The summed E-state index contributed by atoms with van der Waals surface area (Å²) in [6.07, 6.45) is 0. The summed E-state index contributed by atoms with van der Waals surface area (Å²) in [6.45, 7) is 30.6. The van der Waals surface area contributed by atoms with Gasteiger partial charge in [0, 0.05) is 0 Å². The van der Waals surface area contributed by atoms with E-state index in [0.717, 1.165) is 10.9 Å². The summed E-state index contributed by atoms with van der Waals surface area (Å²) in [7, 11) is -0.956. The quantitative estimate of drug-likeness (QED) is 0.177. The molecule has 2 heterocycles. The van der Waals surface area contributed by atoms with E-state index in [1.54, 1.807) is 0 Å². The Morgan fingerprint density at radius 3 is 0.980 bits per heavy atom. The highest BCUT2D eigenvalue weighted by atomic mass is 16.7. The Morgan fingerprint density at radius 2 is 0.706 bits per heavy atom. The minimum atomic E-state index is -0.628. The first-order chi connectivity index (χ1) is 23.5. The van der Waals surface area contributed by atoms with Gasteiger partial charge in [-0.15, -0.1) is 0 Å². The average Bonchev–Trinajstić information content (AvgIpc) is 3.54. The van der Waals surface area contributed by atoms with Crippen LogP contribution in [0.4, 0.5) is 0 Å². The van der Waals surface area contributed by atoms with Gasteiger partial charge < -0.3 is 18.6 Å². The van der Waals surface area contributed by atoms with Crippen molar-refractivity contribution in [3.8, 4) is 11.1 Å². The number of rotatable bonds is 4. The molecule has 6 heteroatoms. The van der Waals surface area contributed by atoms with Crippen LogP contribution in [0.5, 0.6) is 0 Å². The van der Waals surface area contributed by atoms with Gasteiger partial charge in [0.2, 0.25) is 0 Å². The molecule has 0 spiro atoms. The second-order valence-corrected chi connectivity index (χ2v) is 19.2. The van der Waals surface area contributed by atoms with Gasteiger partial charge in [-0.1, -0.05) is 126 Å². The maximum Gasteiger partial charge on any atom is 0.494 e. The third-order valence-electron chi connectivity index (χ3n) is 12.6. The molecule has 0 aromatic heterocycles. The molecule has 266 valence electrons. The lowest BCUT2D eigenvalue weighted by Gasteiger charge is -2.35. The fourth-order valence-corrected chi connectivity index (χ4v) is 7.84. The van der Waals surface area contributed by atoms with Gasteiger partial charge in [-0.3, -0.25) is 0 Å². The summed E-state index contributed by atoms with van der Waals surface area (Å²) < 4.78 is 26.6. The van der Waals surface area contributed by atoms with E-state index in [0.29, 0.717) is 0 Å².